The summed E-state index contributed by atoms with van der Waals surface area (Å²) in [6, 6.07) is 14.5. The lowest BCUT2D eigenvalue weighted by molar-refractivity contribution is 0.0398. The van der Waals surface area contributed by atoms with E-state index in [1.54, 1.807) is 7.05 Å². The molecule has 0 bridgehead atoms. The van der Waals surface area contributed by atoms with Crippen molar-refractivity contribution >= 4 is 35.6 Å². The van der Waals surface area contributed by atoms with Gasteiger partial charge in [-0.05, 0) is 48.9 Å². The van der Waals surface area contributed by atoms with E-state index >= 15 is 0 Å². The highest BCUT2D eigenvalue weighted by molar-refractivity contribution is 14.0. The van der Waals surface area contributed by atoms with Gasteiger partial charge in [-0.15, -0.1) is 34.2 Å². The first-order chi connectivity index (χ1) is 14.3. The van der Waals surface area contributed by atoms with E-state index in [1.165, 1.54) is 24.0 Å². The van der Waals surface area contributed by atoms with Crippen LogP contribution in [0.25, 0.3) is 5.65 Å². The van der Waals surface area contributed by atoms with Crippen LogP contribution >= 0.6 is 24.0 Å². The molecule has 7 nitrogen and oxygen atoms in total. The molecule has 1 atom stereocenters. The number of fused-ring (bicyclic) bond motifs is 2. The molecule has 160 valence electrons. The van der Waals surface area contributed by atoms with E-state index in [0.29, 0.717) is 6.54 Å². The summed E-state index contributed by atoms with van der Waals surface area (Å²) in [6.45, 7) is 2.09. The second kappa shape index (κ2) is 11.3. The zero-order valence-corrected chi connectivity index (χ0v) is 19.6. The molecule has 1 aliphatic carbocycles. The van der Waals surface area contributed by atoms with Crippen LogP contribution in [0.15, 0.2) is 53.7 Å². The van der Waals surface area contributed by atoms with Crippen molar-refractivity contribution in [3.05, 3.63) is 65.6 Å². The van der Waals surface area contributed by atoms with Gasteiger partial charge in [-0.25, -0.2) is 0 Å². The Labute approximate surface area is 194 Å². The van der Waals surface area contributed by atoms with Gasteiger partial charge < -0.3 is 15.4 Å². The molecule has 2 N–H and O–H groups in total. The first-order valence-electron chi connectivity index (χ1n) is 10.3. The SMILES string of the molecule is CN=C(NCCCOC1CCCc2ccccc21)NCc1nnc2ccccn12.I. The number of nitrogens with one attached hydrogen (secondary N) is 2. The maximum Gasteiger partial charge on any atom is 0.191 e. The molecule has 1 aliphatic rings. The first-order valence-corrected chi connectivity index (χ1v) is 10.3. The molecule has 8 heteroatoms. The molecule has 0 fully saturated rings. The van der Waals surface area contributed by atoms with E-state index in [1.807, 2.05) is 28.8 Å². The summed E-state index contributed by atoms with van der Waals surface area (Å²) in [5.74, 6) is 1.60. The van der Waals surface area contributed by atoms with E-state index in [9.17, 15) is 0 Å². The maximum absolute atomic E-state index is 6.17. The standard InChI is InChI=1S/C22H28N6O.HI/c1-23-22(25-16-21-27-26-20-12-4-5-14-28(20)21)24-13-7-15-29-19-11-6-9-17-8-2-3-10-18(17)19;/h2-5,8,10,12,14,19H,6-7,9,11,13,15-16H2,1H3,(H2,23,24,25);1H. The Bertz CT molecular complexity index is 973. The third-order valence-electron chi connectivity index (χ3n) is 5.27. The average Bonchev–Trinajstić information content (AvgIpc) is 3.19. The minimum absolute atomic E-state index is 0. The summed E-state index contributed by atoms with van der Waals surface area (Å²) >= 11 is 0. The Morgan fingerprint density at radius 3 is 2.93 bits per heavy atom. The molecule has 3 aromatic rings. The monoisotopic (exact) mass is 520 g/mol. The molecule has 0 saturated heterocycles. The predicted molar refractivity (Wildman–Crippen MR) is 129 cm³/mol. The Morgan fingerprint density at radius 2 is 2.03 bits per heavy atom. The normalized spacial score (nSPS) is 16.0. The lowest BCUT2D eigenvalue weighted by atomic mass is 9.89. The summed E-state index contributed by atoms with van der Waals surface area (Å²) in [5.41, 5.74) is 3.64. The van der Waals surface area contributed by atoms with Crippen LogP contribution in [0, 0.1) is 0 Å². The number of guanidine groups is 1. The van der Waals surface area contributed by atoms with Crippen LogP contribution in [0.4, 0.5) is 0 Å². The molecule has 0 amide bonds. The van der Waals surface area contributed by atoms with E-state index in [-0.39, 0.29) is 30.1 Å². The summed E-state index contributed by atoms with van der Waals surface area (Å²) in [5, 5.41) is 15.0. The van der Waals surface area contributed by atoms with Crippen LogP contribution in [0.1, 0.15) is 42.3 Å². The largest absolute Gasteiger partial charge is 0.373 e. The summed E-state index contributed by atoms with van der Waals surface area (Å²) in [6.07, 6.45) is 6.60. The molecule has 1 aromatic carbocycles. The van der Waals surface area contributed by atoms with Gasteiger partial charge in [0.1, 0.15) is 0 Å². The maximum atomic E-state index is 6.17. The number of nitrogens with zero attached hydrogens (tertiary/aromatic N) is 4. The number of aromatic nitrogens is 3. The molecule has 2 heterocycles. The smallest absolute Gasteiger partial charge is 0.191 e. The molecule has 1 unspecified atom stereocenters. The van der Waals surface area contributed by atoms with Crippen molar-refractivity contribution in [2.24, 2.45) is 4.99 Å². The number of pyridine rings is 1. The van der Waals surface area contributed by atoms with Crippen molar-refractivity contribution in [2.75, 3.05) is 20.2 Å². The fourth-order valence-electron chi connectivity index (χ4n) is 3.78. The number of hydrogen-bond acceptors (Lipinski definition) is 4. The summed E-state index contributed by atoms with van der Waals surface area (Å²) in [4.78, 5) is 4.28. The van der Waals surface area contributed by atoms with E-state index in [0.717, 1.165) is 43.4 Å². The number of aliphatic imine (C=N–C) groups is 1. The molecule has 0 spiro atoms. The van der Waals surface area contributed by atoms with Gasteiger partial charge in [-0.2, -0.15) is 0 Å². The summed E-state index contributed by atoms with van der Waals surface area (Å²) < 4.78 is 8.14. The Hall–Kier alpha value is -2.20. The van der Waals surface area contributed by atoms with Gasteiger partial charge in [-0.1, -0.05) is 30.3 Å². The fraction of sp³-hybridized carbons (Fsp3) is 0.409. The second-order valence-electron chi connectivity index (χ2n) is 7.20. The van der Waals surface area contributed by atoms with Crippen molar-refractivity contribution in [3.63, 3.8) is 0 Å². The van der Waals surface area contributed by atoms with Crippen molar-refractivity contribution in [3.8, 4) is 0 Å². The van der Waals surface area contributed by atoms with Gasteiger partial charge in [-0.3, -0.25) is 9.39 Å². The lowest BCUT2D eigenvalue weighted by Gasteiger charge is -2.25. The number of hydrogen-bond donors (Lipinski definition) is 2. The average molecular weight is 520 g/mol. The number of aryl methyl sites for hydroxylation is 1. The minimum atomic E-state index is 0. The van der Waals surface area contributed by atoms with Gasteiger partial charge in [0.2, 0.25) is 0 Å². The fourth-order valence-corrected chi connectivity index (χ4v) is 3.78. The van der Waals surface area contributed by atoms with Crippen molar-refractivity contribution in [1.29, 1.82) is 0 Å². The van der Waals surface area contributed by atoms with Crippen molar-refractivity contribution < 1.29 is 4.74 Å². The van der Waals surface area contributed by atoms with Crippen LogP contribution < -0.4 is 10.6 Å². The zero-order valence-electron chi connectivity index (χ0n) is 17.3. The molecular weight excluding hydrogens is 491 g/mol. The van der Waals surface area contributed by atoms with Crippen LogP contribution in [0.3, 0.4) is 0 Å². The molecule has 30 heavy (non-hydrogen) atoms. The molecule has 0 radical (unpaired) electrons. The highest BCUT2D eigenvalue weighted by atomic mass is 127. The first kappa shape index (κ1) is 22.5. The minimum Gasteiger partial charge on any atom is -0.373 e. The highest BCUT2D eigenvalue weighted by Gasteiger charge is 2.19. The third-order valence-corrected chi connectivity index (χ3v) is 5.27. The molecule has 0 saturated carbocycles. The molecular formula is C22H29IN6O. The van der Waals surface area contributed by atoms with Crippen LogP contribution in [0.2, 0.25) is 0 Å². The van der Waals surface area contributed by atoms with Gasteiger partial charge >= 0.3 is 0 Å². The molecule has 4 rings (SSSR count). The number of halogens is 1. The van der Waals surface area contributed by atoms with E-state index in [4.69, 9.17) is 4.74 Å². The quantitative estimate of drug-likeness (QED) is 0.216. The van der Waals surface area contributed by atoms with Gasteiger partial charge in [0.05, 0.1) is 12.6 Å². The van der Waals surface area contributed by atoms with Crippen molar-refractivity contribution in [2.45, 2.75) is 38.3 Å². The van der Waals surface area contributed by atoms with Crippen molar-refractivity contribution in [1.82, 2.24) is 25.2 Å². The van der Waals surface area contributed by atoms with Gasteiger partial charge in [0.25, 0.3) is 0 Å². The zero-order chi connectivity index (χ0) is 19.9. The summed E-state index contributed by atoms with van der Waals surface area (Å²) in [7, 11) is 1.77. The lowest BCUT2D eigenvalue weighted by Crippen LogP contribution is -2.38. The van der Waals surface area contributed by atoms with Gasteiger partial charge in [0, 0.05) is 26.4 Å². The van der Waals surface area contributed by atoms with Crippen LogP contribution in [-0.4, -0.2) is 40.8 Å². The van der Waals surface area contributed by atoms with Crippen LogP contribution in [-0.2, 0) is 17.7 Å². The Kier molecular flexibility index (Phi) is 8.44. The third kappa shape index (κ3) is 5.48. The number of benzene rings is 1. The molecule has 0 aliphatic heterocycles. The highest BCUT2D eigenvalue weighted by Crippen LogP contribution is 2.32. The number of ether oxygens (including phenoxy) is 1. The Morgan fingerprint density at radius 1 is 1.17 bits per heavy atom. The van der Waals surface area contributed by atoms with E-state index in [2.05, 4.69) is 50.1 Å². The Balaban J connectivity index is 0.00000256. The second-order valence-corrected chi connectivity index (χ2v) is 7.20. The van der Waals surface area contributed by atoms with E-state index < -0.39 is 0 Å². The van der Waals surface area contributed by atoms with Gasteiger partial charge in [0.15, 0.2) is 17.4 Å². The number of rotatable bonds is 7. The molecule has 2 aromatic heterocycles. The predicted octanol–water partition coefficient (Wildman–Crippen LogP) is 3.50. The topological polar surface area (TPSA) is 75.8 Å². The van der Waals surface area contributed by atoms with Crippen LogP contribution in [0.5, 0.6) is 0 Å².